The molecule has 8 nitrogen and oxygen atoms in total. The van der Waals surface area contributed by atoms with E-state index < -0.39 is 17.6 Å². The highest BCUT2D eigenvalue weighted by molar-refractivity contribution is 6.01. The molecule has 4 heterocycles. The molecule has 1 atom stereocenters. The summed E-state index contributed by atoms with van der Waals surface area (Å²) in [5.74, 6) is 0.247. The average Bonchev–Trinajstić information content (AvgIpc) is 3.56. The zero-order valence-electron chi connectivity index (χ0n) is 18.6. The Balaban J connectivity index is 1.49. The van der Waals surface area contributed by atoms with Crippen molar-refractivity contribution >= 4 is 17.4 Å². The summed E-state index contributed by atoms with van der Waals surface area (Å²) in [5, 5.41) is 4.22. The van der Waals surface area contributed by atoms with E-state index in [0.29, 0.717) is 34.2 Å². The number of benzene rings is 1. The highest BCUT2D eigenvalue weighted by Crippen LogP contribution is 2.43. The number of nitrogens with zero attached hydrogens (tertiary/aromatic N) is 6. The van der Waals surface area contributed by atoms with Gasteiger partial charge in [-0.3, -0.25) is 4.79 Å². The minimum Gasteiger partial charge on any atom is -0.382 e. The highest BCUT2D eigenvalue weighted by atomic mass is 19.4. The first-order valence-electron chi connectivity index (χ1n) is 11.2. The molecule has 0 radical (unpaired) electrons. The number of alkyl halides is 3. The molecule has 1 amide bonds. The zero-order valence-corrected chi connectivity index (χ0v) is 18.6. The molecule has 1 aliphatic heterocycles. The summed E-state index contributed by atoms with van der Waals surface area (Å²) >= 11 is 0. The van der Waals surface area contributed by atoms with Gasteiger partial charge in [0.2, 0.25) is 0 Å². The predicted octanol–water partition coefficient (Wildman–Crippen LogP) is 4.21. The normalized spacial score (nSPS) is 16.7. The van der Waals surface area contributed by atoms with Crippen LogP contribution in [-0.2, 0) is 12.7 Å². The summed E-state index contributed by atoms with van der Waals surface area (Å²) < 4.78 is 43.8. The molecule has 6 rings (SSSR count). The summed E-state index contributed by atoms with van der Waals surface area (Å²) in [6, 6.07) is 5.75. The Bertz CT molecular complexity index is 1480. The van der Waals surface area contributed by atoms with Crippen LogP contribution in [-0.4, -0.2) is 41.4 Å². The smallest absolute Gasteiger partial charge is 0.382 e. The lowest BCUT2D eigenvalue weighted by Gasteiger charge is -2.24. The predicted molar refractivity (Wildman–Crippen MR) is 121 cm³/mol. The quantitative estimate of drug-likeness (QED) is 0.471. The number of halogens is 3. The molecule has 178 valence electrons. The fourth-order valence-corrected chi connectivity index (χ4v) is 4.76. The molecule has 1 aliphatic carbocycles. The lowest BCUT2D eigenvalue weighted by molar-refractivity contribution is -0.137. The van der Waals surface area contributed by atoms with Crippen LogP contribution in [0.25, 0.3) is 28.3 Å². The van der Waals surface area contributed by atoms with Crippen LogP contribution in [0.3, 0.4) is 0 Å². The second-order valence-corrected chi connectivity index (χ2v) is 8.98. The number of rotatable bonds is 4. The molecule has 1 aromatic carbocycles. The van der Waals surface area contributed by atoms with Gasteiger partial charge in [-0.2, -0.15) is 13.2 Å². The van der Waals surface area contributed by atoms with Gasteiger partial charge in [0.25, 0.3) is 5.91 Å². The van der Waals surface area contributed by atoms with Crippen LogP contribution in [0.15, 0.2) is 42.9 Å². The Morgan fingerprint density at radius 2 is 1.89 bits per heavy atom. The molecule has 4 aromatic rings. The minimum absolute atomic E-state index is 0.0999. The van der Waals surface area contributed by atoms with Crippen LogP contribution in [0.1, 0.15) is 41.3 Å². The third-order valence-corrected chi connectivity index (χ3v) is 6.73. The molecule has 1 fully saturated rings. The summed E-state index contributed by atoms with van der Waals surface area (Å²) in [6.45, 7) is 2.05. The van der Waals surface area contributed by atoms with Crippen LogP contribution in [0, 0.1) is 5.92 Å². The Morgan fingerprint density at radius 1 is 1.14 bits per heavy atom. The second-order valence-electron chi connectivity index (χ2n) is 8.98. The third kappa shape index (κ3) is 3.49. The number of fused-ring (bicyclic) bond motifs is 2. The first-order valence-corrected chi connectivity index (χ1v) is 11.2. The SMILES string of the molecule is C[C@@H](C1CC1)N1Cc2cc(-c3ccn4nc(N)c(-c5ncccn5)c4n3)cc(C(F)(F)F)c2C1=O. The Morgan fingerprint density at radius 3 is 2.57 bits per heavy atom. The number of aromatic nitrogens is 5. The van der Waals surface area contributed by atoms with Crippen molar-refractivity contribution < 1.29 is 18.0 Å². The van der Waals surface area contributed by atoms with Crippen molar-refractivity contribution in [3.8, 4) is 22.6 Å². The van der Waals surface area contributed by atoms with E-state index in [2.05, 4.69) is 20.1 Å². The van der Waals surface area contributed by atoms with Gasteiger partial charge in [0, 0.05) is 36.7 Å². The van der Waals surface area contributed by atoms with E-state index in [9.17, 15) is 18.0 Å². The standard InChI is InChI=1S/C24H20F3N7O/c1-12(13-3-4-13)33-11-15-9-14(10-16(24(25,26)27)18(15)23(33)35)17-5-8-34-22(31-17)19(20(28)32-34)21-29-6-2-7-30-21/h2,5-10,12-13H,3-4,11H2,1H3,(H2,28,32)/t12-/m0/s1. The van der Waals surface area contributed by atoms with Gasteiger partial charge in [-0.05, 0) is 55.5 Å². The van der Waals surface area contributed by atoms with Gasteiger partial charge in [0.15, 0.2) is 17.3 Å². The van der Waals surface area contributed by atoms with Gasteiger partial charge in [-0.25, -0.2) is 19.5 Å². The molecule has 0 unspecified atom stereocenters. The van der Waals surface area contributed by atoms with Crippen molar-refractivity contribution in [1.29, 1.82) is 0 Å². The first-order chi connectivity index (χ1) is 16.7. The number of carbonyl (C=O) groups is 1. The van der Waals surface area contributed by atoms with Crippen LogP contribution in [0.5, 0.6) is 0 Å². The fourth-order valence-electron chi connectivity index (χ4n) is 4.76. The first kappa shape index (κ1) is 21.5. The zero-order chi connectivity index (χ0) is 24.5. The third-order valence-electron chi connectivity index (χ3n) is 6.73. The number of anilines is 1. The van der Waals surface area contributed by atoms with Crippen molar-refractivity contribution in [2.24, 2.45) is 5.92 Å². The van der Waals surface area contributed by atoms with Crippen LogP contribution >= 0.6 is 0 Å². The molecule has 2 N–H and O–H groups in total. The summed E-state index contributed by atoms with van der Waals surface area (Å²) in [5.41, 5.74) is 6.49. The molecule has 2 aliphatic rings. The lowest BCUT2D eigenvalue weighted by atomic mass is 9.97. The van der Waals surface area contributed by atoms with Crippen molar-refractivity contribution in [1.82, 2.24) is 29.5 Å². The molecular weight excluding hydrogens is 459 g/mol. The number of hydrogen-bond acceptors (Lipinski definition) is 6. The van der Waals surface area contributed by atoms with Gasteiger partial charge in [0.05, 0.1) is 16.8 Å². The molecule has 0 spiro atoms. The monoisotopic (exact) mass is 479 g/mol. The Hall–Kier alpha value is -4.02. The number of amides is 1. The average molecular weight is 479 g/mol. The van der Waals surface area contributed by atoms with E-state index in [4.69, 9.17) is 5.73 Å². The van der Waals surface area contributed by atoms with Crippen molar-refractivity contribution in [2.45, 2.75) is 38.5 Å². The molecule has 0 bridgehead atoms. The fraction of sp³-hybridized carbons (Fsp3) is 0.292. The highest BCUT2D eigenvalue weighted by Gasteiger charge is 2.44. The number of nitrogens with two attached hydrogens (primary N) is 1. The maximum atomic E-state index is 14.1. The maximum absolute atomic E-state index is 14.1. The minimum atomic E-state index is -4.69. The van der Waals surface area contributed by atoms with E-state index in [1.165, 1.54) is 4.52 Å². The molecular formula is C24H20F3N7O. The van der Waals surface area contributed by atoms with E-state index >= 15 is 0 Å². The summed E-state index contributed by atoms with van der Waals surface area (Å²) in [7, 11) is 0. The number of carbonyl (C=O) groups excluding carboxylic acids is 1. The number of hydrogen-bond donors (Lipinski definition) is 1. The van der Waals surface area contributed by atoms with Crippen molar-refractivity contribution in [2.75, 3.05) is 5.73 Å². The molecule has 3 aromatic heterocycles. The Kier molecular flexibility index (Phi) is 4.60. The van der Waals surface area contributed by atoms with Gasteiger partial charge in [0.1, 0.15) is 5.56 Å². The second kappa shape index (κ2) is 7.49. The van der Waals surface area contributed by atoms with Crippen LogP contribution in [0.2, 0.25) is 0 Å². The molecule has 1 saturated carbocycles. The topological polar surface area (TPSA) is 102 Å². The van der Waals surface area contributed by atoms with Gasteiger partial charge in [-0.1, -0.05) is 0 Å². The largest absolute Gasteiger partial charge is 0.417 e. The van der Waals surface area contributed by atoms with Gasteiger partial charge < -0.3 is 10.6 Å². The van der Waals surface area contributed by atoms with Crippen molar-refractivity contribution in [3.63, 3.8) is 0 Å². The van der Waals surface area contributed by atoms with Gasteiger partial charge >= 0.3 is 6.18 Å². The van der Waals surface area contributed by atoms with E-state index in [1.807, 2.05) is 6.92 Å². The Labute approximate surface area is 197 Å². The maximum Gasteiger partial charge on any atom is 0.417 e. The van der Waals surface area contributed by atoms with Crippen molar-refractivity contribution in [3.05, 3.63) is 59.5 Å². The van der Waals surface area contributed by atoms with E-state index in [1.54, 1.807) is 41.7 Å². The summed E-state index contributed by atoms with van der Waals surface area (Å²) in [6.07, 6.45) is 1.97. The molecule has 0 saturated heterocycles. The summed E-state index contributed by atoms with van der Waals surface area (Å²) in [4.78, 5) is 27.6. The van der Waals surface area contributed by atoms with Crippen LogP contribution < -0.4 is 5.73 Å². The molecule has 35 heavy (non-hydrogen) atoms. The van der Waals surface area contributed by atoms with E-state index in [-0.39, 0.29) is 29.5 Å². The van der Waals surface area contributed by atoms with E-state index in [0.717, 1.165) is 18.9 Å². The lowest BCUT2D eigenvalue weighted by Crippen LogP contribution is -2.35. The van der Waals surface area contributed by atoms with Gasteiger partial charge in [-0.15, -0.1) is 5.10 Å². The van der Waals surface area contributed by atoms with Crippen LogP contribution in [0.4, 0.5) is 19.0 Å². The molecule has 11 heteroatoms. The number of nitrogen functional groups attached to an aromatic ring is 1.